The Morgan fingerprint density at radius 2 is 1.91 bits per heavy atom. The van der Waals surface area contributed by atoms with Crippen LogP contribution in [0, 0.1) is 0 Å². The standard InChI is InChI=1S/C19H16ClNO/c1-3-17(14-5-4-6-16(11-14)22-2)18-10-8-13-7-9-15(20)12-19(13)21-18/h3-12H,1-2H3. The van der Waals surface area contributed by atoms with E-state index in [1.807, 2.05) is 49.4 Å². The number of methoxy groups -OCH3 is 1. The second-order valence-electron chi connectivity index (χ2n) is 4.97. The summed E-state index contributed by atoms with van der Waals surface area (Å²) in [6.07, 6.45) is 2.06. The summed E-state index contributed by atoms with van der Waals surface area (Å²) in [4.78, 5) is 4.75. The van der Waals surface area contributed by atoms with Crippen LogP contribution in [0.5, 0.6) is 5.75 Å². The number of ether oxygens (including phenoxy) is 1. The van der Waals surface area contributed by atoms with Crippen LogP contribution in [-0.2, 0) is 0 Å². The van der Waals surface area contributed by atoms with Crippen LogP contribution >= 0.6 is 11.6 Å². The highest BCUT2D eigenvalue weighted by molar-refractivity contribution is 6.31. The number of benzene rings is 2. The van der Waals surface area contributed by atoms with Crippen molar-refractivity contribution in [3.05, 3.63) is 77.0 Å². The third-order valence-corrected chi connectivity index (χ3v) is 3.83. The van der Waals surface area contributed by atoms with E-state index in [0.717, 1.165) is 33.5 Å². The summed E-state index contributed by atoms with van der Waals surface area (Å²) in [5.74, 6) is 0.834. The molecule has 1 aromatic heterocycles. The number of pyridine rings is 1. The van der Waals surface area contributed by atoms with E-state index in [2.05, 4.69) is 18.2 Å². The van der Waals surface area contributed by atoms with Crippen LogP contribution in [0.1, 0.15) is 18.2 Å². The van der Waals surface area contributed by atoms with Crippen molar-refractivity contribution < 1.29 is 4.74 Å². The van der Waals surface area contributed by atoms with Gasteiger partial charge in [-0.3, -0.25) is 0 Å². The maximum atomic E-state index is 6.07. The monoisotopic (exact) mass is 309 g/mol. The number of nitrogens with zero attached hydrogens (tertiary/aromatic N) is 1. The minimum Gasteiger partial charge on any atom is -0.497 e. The van der Waals surface area contributed by atoms with E-state index in [1.54, 1.807) is 7.11 Å². The fourth-order valence-electron chi connectivity index (χ4n) is 2.49. The first-order valence-electron chi connectivity index (χ1n) is 7.08. The molecule has 3 rings (SSSR count). The van der Waals surface area contributed by atoms with Gasteiger partial charge in [0.25, 0.3) is 0 Å². The number of hydrogen-bond acceptors (Lipinski definition) is 2. The van der Waals surface area contributed by atoms with Crippen molar-refractivity contribution in [2.45, 2.75) is 6.92 Å². The summed E-state index contributed by atoms with van der Waals surface area (Å²) in [6.45, 7) is 2.01. The number of fused-ring (bicyclic) bond motifs is 1. The molecule has 0 amide bonds. The Morgan fingerprint density at radius 3 is 2.68 bits per heavy atom. The highest BCUT2D eigenvalue weighted by Crippen LogP contribution is 2.27. The molecule has 2 aromatic carbocycles. The molecule has 0 aliphatic heterocycles. The van der Waals surface area contributed by atoms with Crippen LogP contribution in [0.25, 0.3) is 16.5 Å². The molecule has 0 radical (unpaired) electrons. The molecule has 0 unspecified atom stereocenters. The SMILES string of the molecule is CC=C(c1cccc(OC)c1)c1ccc2ccc(Cl)cc2n1. The molecule has 0 aliphatic carbocycles. The van der Waals surface area contributed by atoms with E-state index in [-0.39, 0.29) is 0 Å². The van der Waals surface area contributed by atoms with Crippen molar-refractivity contribution in [2.24, 2.45) is 0 Å². The van der Waals surface area contributed by atoms with Crippen LogP contribution in [0.4, 0.5) is 0 Å². The van der Waals surface area contributed by atoms with Gasteiger partial charge in [0.2, 0.25) is 0 Å². The fraction of sp³-hybridized carbons (Fsp3) is 0.105. The average molecular weight is 310 g/mol. The molecule has 3 heteroatoms. The Morgan fingerprint density at radius 1 is 1.09 bits per heavy atom. The zero-order valence-electron chi connectivity index (χ0n) is 12.5. The first kappa shape index (κ1) is 14.6. The van der Waals surface area contributed by atoms with E-state index in [4.69, 9.17) is 21.3 Å². The van der Waals surface area contributed by atoms with Gasteiger partial charge in [-0.15, -0.1) is 0 Å². The van der Waals surface area contributed by atoms with Gasteiger partial charge in [0.05, 0.1) is 18.3 Å². The summed E-state index contributed by atoms with van der Waals surface area (Å²) in [6, 6.07) is 17.8. The van der Waals surface area contributed by atoms with Crippen LogP contribution in [-0.4, -0.2) is 12.1 Å². The van der Waals surface area contributed by atoms with Crippen molar-refractivity contribution in [1.29, 1.82) is 0 Å². The zero-order valence-corrected chi connectivity index (χ0v) is 13.3. The fourth-order valence-corrected chi connectivity index (χ4v) is 2.66. The minimum absolute atomic E-state index is 0.695. The van der Waals surface area contributed by atoms with E-state index in [9.17, 15) is 0 Å². The van der Waals surface area contributed by atoms with Crippen LogP contribution in [0.2, 0.25) is 5.02 Å². The molecular weight excluding hydrogens is 294 g/mol. The van der Waals surface area contributed by atoms with E-state index < -0.39 is 0 Å². The molecule has 22 heavy (non-hydrogen) atoms. The van der Waals surface area contributed by atoms with Crippen molar-refractivity contribution >= 4 is 28.1 Å². The number of allylic oxidation sites excluding steroid dienone is 1. The summed E-state index contributed by atoms with van der Waals surface area (Å²) in [5, 5.41) is 1.77. The quantitative estimate of drug-likeness (QED) is 0.650. The molecule has 0 saturated heterocycles. The second kappa shape index (κ2) is 6.20. The van der Waals surface area contributed by atoms with Crippen LogP contribution in [0.15, 0.2) is 60.7 Å². The largest absolute Gasteiger partial charge is 0.497 e. The summed E-state index contributed by atoms with van der Waals surface area (Å²) in [5.41, 5.74) is 3.97. The van der Waals surface area contributed by atoms with E-state index in [0.29, 0.717) is 5.02 Å². The molecule has 110 valence electrons. The Kier molecular flexibility index (Phi) is 4.12. The summed E-state index contributed by atoms with van der Waals surface area (Å²) in [7, 11) is 1.67. The Hall–Kier alpha value is -2.32. The number of aromatic nitrogens is 1. The predicted molar refractivity (Wildman–Crippen MR) is 92.5 cm³/mol. The lowest BCUT2D eigenvalue weighted by Crippen LogP contribution is -1.93. The van der Waals surface area contributed by atoms with Crippen molar-refractivity contribution in [2.75, 3.05) is 7.11 Å². The molecule has 0 aliphatic rings. The van der Waals surface area contributed by atoms with Gasteiger partial charge in [0, 0.05) is 16.0 Å². The Bertz CT molecular complexity index is 855. The summed E-state index contributed by atoms with van der Waals surface area (Å²) < 4.78 is 5.31. The van der Waals surface area contributed by atoms with Crippen molar-refractivity contribution in [3.63, 3.8) is 0 Å². The van der Waals surface area contributed by atoms with E-state index in [1.165, 1.54) is 0 Å². The molecule has 0 saturated carbocycles. The second-order valence-corrected chi connectivity index (χ2v) is 5.40. The van der Waals surface area contributed by atoms with Gasteiger partial charge in [-0.2, -0.15) is 0 Å². The molecular formula is C19H16ClNO. The first-order chi connectivity index (χ1) is 10.7. The third kappa shape index (κ3) is 2.83. The molecule has 0 bridgehead atoms. The normalized spacial score (nSPS) is 11.7. The van der Waals surface area contributed by atoms with Gasteiger partial charge >= 0.3 is 0 Å². The van der Waals surface area contributed by atoms with Gasteiger partial charge in [-0.05, 0) is 42.8 Å². The smallest absolute Gasteiger partial charge is 0.119 e. The average Bonchev–Trinajstić information content (AvgIpc) is 2.55. The minimum atomic E-state index is 0.695. The highest BCUT2D eigenvalue weighted by atomic mass is 35.5. The molecule has 0 spiro atoms. The molecule has 0 atom stereocenters. The molecule has 0 N–H and O–H groups in total. The number of rotatable bonds is 3. The van der Waals surface area contributed by atoms with Gasteiger partial charge in [-0.25, -0.2) is 4.98 Å². The van der Waals surface area contributed by atoms with Gasteiger partial charge in [0.15, 0.2) is 0 Å². The molecule has 3 aromatic rings. The van der Waals surface area contributed by atoms with Crippen LogP contribution in [0.3, 0.4) is 0 Å². The summed E-state index contributed by atoms with van der Waals surface area (Å²) >= 11 is 6.07. The lowest BCUT2D eigenvalue weighted by Gasteiger charge is -2.10. The number of hydrogen-bond donors (Lipinski definition) is 0. The predicted octanol–water partition coefficient (Wildman–Crippen LogP) is 5.35. The topological polar surface area (TPSA) is 22.1 Å². The van der Waals surface area contributed by atoms with Gasteiger partial charge < -0.3 is 4.74 Å². The van der Waals surface area contributed by atoms with Gasteiger partial charge in [-0.1, -0.05) is 41.9 Å². The molecule has 2 nitrogen and oxygen atoms in total. The third-order valence-electron chi connectivity index (χ3n) is 3.60. The lowest BCUT2D eigenvalue weighted by atomic mass is 10.0. The van der Waals surface area contributed by atoms with Crippen LogP contribution < -0.4 is 4.74 Å². The first-order valence-corrected chi connectivity index (χ1v) is 7.46. The maximum absolute atomic E-state index is 6.07. The molecule has 1 heterocycles. The lowest BCUT2D eigenvalue weighted by molar-refractivity contribution is 0.414. The van der Waals surface area contributed by atoms with Crippen molar-refractivity contribution in [1.82, 2.24) is 4.98 Å². The van der Waals surface area contributed by atoms with Gasteiger partial charge in [0.1, 0.15) is 5.75 Å². The zero-order chi connectivity index (χ0) is 15.5. The Labute approximate surface area is 135 Å². The Balaban J connectivity index is 2.10. The highest BCUT2D eigenvalue weighted by Gasteiger charge is 2.08. The van der Waals surface area contributed by atoms with Crippen molar-refractivity contribution in [3.8, 4) is 5.75 Å². The number of halogens is 1. The molecule has 0 fully saturated rings. The maximum Gasteiger partial charge on any atom is 0.119 e. The van der Waals surface area contributed by atoms with E-state index >= 15 is 0 Å².